The van der Waals surface area contributed by atoms with Crippen molar-refractivity contribution < 1.29 is 9.59 Å². The van der Waals surface area contributed by atoms with E-state index >= 15 is 0 Å². The molecule has 4 nitrogen and oxygen atoms in total. The summed E-state index contributed by atoms with van der Waals surface area (Å²) in [5.74, 6) is -0.0728. The lowest BCUT2D eigenvalue weighted by Gasteiger charge is -2.18. The highest BCUT2D eigenvalue weighted by molar-refractivity contribution is 6.08. The number of amides is 2. The fourth-order valence-electron chi connectivity index (χ4n) is 2.45. The van der Waals surface area contributed by atoms with E-state index in [1.165, 1.54) is 4.90 Å². The van der Waals surface area contributed by atoms with E-state index in [1.807, 2.05) is 25.1 Å². The number of imide groups is 1. The molecular formula is C13H14N2O2. The lowest BCUT2D eigenvalue weighted by Crippen LogP contribution is -2.32. The summed E-state index contributed by atoms with van der Waals surface area (Å²) in [6.45, 7) is 2.28. The van der Waals surface area contributed by atoms with Gasteiger partial charge in [0.15, 0.2) is 0 Å². The Kier molecular flexibility index (Phi) is 2.02. The summed E-state index contributed by atoms with van der Waals surface area (Å²) in [5, 5.41) is 0. The molecule has 2 unspecified atom stereocenters. The van der Waals surface area contributed by atoms with Gasteiger partial charge in [0.2, 0.25) is 11.8 Å². The minimum Gasteiger partial charge on any atom is -0.399 e. The number of nitrogens with zero attached hydrogens (tertiary/aromatic N) is 1. The predicted molar refractivity (Wildman–Crippen MR) is 62.7 cm³/mol. The van der Waals surface area contributed by atoms with Gasteiger partial charge in [-0.05, 0) is 30.5 Å². The Hall–Kier alpha value is -1.84. The van der Waals surface area contributed by atoms with E-state index in [9.17, 15) is 9.59 Å². The molecule has 88 valence electrons. The number of hydrogen-bond donors (Lipinski definition) is 1. The van der Waals surface area contributed by atoms with Gasteiger partial charge >= 0.3 is 0 Å². The lowest BCUT2D eigenvalue weighted by atomic mass is 10.1. The number of nitrogens with two attached hydrogens (primary N) is 1. The Morgan fingerprint density at radius 2 is 1.94 bits per heavy atom. The third-order valence-electron chi connectivity index (χ3n) is 3.77. The third-order valence-corrected chi connectivity index (χ3v) is 3.77. The van der Waals surface area contributed by atoms with Gasteiger partial charge in [-0.3, -0.25) is 14.5 Å². The van der Waals surface area contributed by atoms with Gasteiger partial charge in [-0.15, -0.1) is 0 Å². The number of hydrogen-bond acceptors (Lipinski definition) is 3. The molecule has 1 saturated carbocycles. The van der Waals surface area contributed by atoms with Crippen molar-refractivity contribution in [1.29, 1.82) is 0 Å². The third kappa shape index (κ3) is 1.44. The van der Waals surface area contributed by atoms with E-state index in [-0.39, 0.29) is 23.7 Å². The Bertz CT molecular complexity index is 504. The zero-order valence-electron chi connectivity index (χ0n) is 9.64. The van der Waals surface area contributed by atoms with Crippen molar-refractivity contribution in [3.8, 4) is 0 Å². The van der Waals surface area contributed by atoms with E-state index < -0.39 is 0 Å². The molecule has 0 spiro atoms. The Balaban J connectivity index is 1.86. The van der Waals surface area contributed by atoms with Crippen LogP contribution in [-0.4, -0.2) is 16.7 Å². The van der Waals surface area contributed by atoms with E-state index in [0.717, 1.165) is 17.5 Å². The SMILES string of the molecule is Cc1c(N)cccc1CN1C(=O)C2CC2C1=O. The van der Waals surface area contributed by atoms with Crippen LogP contribution in [0.1, 0.15) is 17.5 Å². The molecule has 1 saturated heterocycles. The van der Waals surface area contributed by atoms with Crippen molar-refractivity contribution in [2.75, 3.05) is 5.73 Å². The second kappa shape index (κ2) is 3.32. The zero-order valence-corrected chi connectivity index (χ0v) is 9.64. The first-order chi connectivity index (χ1) is 8.09. The number of nitrogen functional groups attached to an aromatic ring is 1. The second-order valence-electron chi connectivity index (χ2n) is 4.84. The number of anilines is 1. The number of benzene rings is 1. The van der Waals surface area contributed by atoms with Crippen molar-refractivity contribution in [2.45, 2.75) is 19.9 Å². The van der Waals surface area contributed by atoms with Crippen molar-refractivity contribution in [3.05, 3.63) is 29.3 Å². The molecule has 0 bridgehead atoms. The molecule has 1 aromatic carbocycles. The first kappa shape index (κ1) is 10.3. The average molecular weight is 230 g/mol. The van der Waals surface area contributed by atoms with Crippen LogP contribution in [0.15, 0.2) is 18.2 Å². The highest BCUT2D eigenvalue weighted by Crippen LogP contribution is 2.47. The molecule has 2 N–H and O–H groups in total. The molecule has 1 aliphatic carbocycles. The van der Waals surface area contributed by atoms with Crippen molar-refractivity contribution in [3.63, 3.8) is 0 Å². The summed E-state index contributed by atoms with van der Waals surface area (Å²) < 4.78 is 0. The fraction of sp³-hybridized carbons (Fsp3) is 0.385. The van der Waals surface area contributed by atoms with Crippen LogP contribution in [0.4, 0.5) is 5.69 Å². The molecule has 1 aliphatic heterocycles. The molecule has 1 heterocycles. The maximum absolute atomic E-state index is 11.8. The van der Waals surface area contributed by atoms with Gasteiger partial charge in [-0.25, -0.2) is 0 Å². The summed E-state index contributed by atoms with van der Waals surface area (Å²) in [7, 11) is 0. The number of piperidine rings is 1. The van der Waals surface area contributed by atoms with Crippen LogP contribution in [0.25, 0.3) is 0 Å². The Morgan fingerprint density at radius 3 is 2.59 bits per heavy atom. The smallest absolute Gasteiger partial charge is 0.233 e. The van der Waals surface area contributed by atoms with Gasteiger partial charge < -0.3 is 5.73 Å². The maximum Gasteiger partial charge on any atom is 0.233 e. The highest BCUT2D eigenvalue weighted by Gasteiger charge is 2.58. The number of fused-ring (bicyclic) bond motifs is 1. The Labute approximate surface area is 99.4 Å². The van der Waals surface area contributed by atoms with Crippen LogP contribution in [0.2, 0.25) is 0 Å². The van der Waals surface area contributed by atoms with Crippen LogP contribution < -0.4 is 5.73 Å². The van der Waals surface area contributed by atoms with Crippen molar-refractivity contribution in [1.82, 2.24) is 4.90 Å². The largest absolute Gasteiger partial charge is 0.399 e. The van der Waals surface area contributed by atoms with E-state index in [0.29, 0.717) is 12.2 Å². The predicted octanol–water partition coefficient (Wildman–Crippen LogP) is 1.08. The molecule has 1 aromatic rings. The molecule has 2 fully saturated rings. The quantitative estimate of drug-likeness (QED) is 0.611. The normalized spacial score (nSPS) is 26.3. The lowest BCUT2D eigenvalue weighted by molar-refractivity contribution is -0.142. The van der Waals surface area contributed by atoms with Gasteiger partial charge in [0.25, 0.3) is 0 Å². The van der Waals surface area contributed by atoms with Crippen LogP contribution in [0.3, 0.4) is 0 Å². The molecule has 0 radical (unpaired) electrons. The summed E-state index contributed by atoms with van der Waals surface area (Å²) >= 11 is 0. The molecule has 3 rings (SSSR count). The number of likely N-dealkylation sites (tertiary alicyclic amines) is 1. The molecule has 2 atom stereocenters. The van der Waals surface area contributed by atoms with Crippen LogP contribution in [-0.2, 0) is 16.1 Å². The van der Waals surface area contributed by atoms with Crippen molar-refractivity contribution >= 4 is 17.5 Å². The minimum absolute atomic E-state index is 0.0122. The van der Waals surface area contributed by atoms with E-state index in [4.69, 9.17) is 5.73 Å². The van der Waals surface area contributed by atoms with Gasteiger partial charge in [-0.2, -0.15) is 0 Å². The molecule has 2 aliphatic rings. The standard InChI is InChI=1S/C13H14N2O2/c1-7-8(3-2-4-11(7)14)6-15-12(16)9-5-10(9)13(15)17/h2-4,9-10H,5-6,14H2,1H3. The van der Waals surface area contributed by atoms with Crippen LogP contribution in [0.5, 0.6) is 0 Å². The summed E-state index contributed by atoms with van der Waals surface area (Å²) in [4.78, 5) is 25.0. The summed E-state index contributed by atoms with van der Waals surface area (Å²) in [5.41, 5.74) is 8.42. The Morgan fingerprint density at radius 1 is 1.29 bits per heavy atom. The average Bonchev–Trinajstić information content (AvgIpc) is 3.05. The summed E-state index contributed by atoms with van der Waals surface area (Å²) in [6, 6.07) is 5.59. The molecule has 2 amide bonds. The summed E-state index contributed by atoms with van der Waals surface area (Å²) in [6.07, 6.45) is 0.754. The van der Waals surface area contributed by atoms with E-state index in [1.54, 1.807) is 0 Å². The fourth-order valence-corrected chi connectivity index (χ4v) is 2.45. The first-order valence-corrected chi connectivity index (χ1v) is 5.79. The molecule has 0 aromatic heterocycles. The molecule has 17 heavy (non-hydrogen) atoms. The zero-order chi connectivity index (χ0) is 12.2. The number of carbonyl (C=O) groups excluding carboxylic acids is 2. The van der Waals surface area contributed by atoms with Crippen molar-refractivity contribution in [2.24, 2.45) is 11.8 Å². The first-order valence-electron chi connectivity index (χ1n) is 5.79. The van der Waals surface area contributed by atoms with E-state index in [2.05, 4.69) is 0 Å². The van der Waals surface area contributed by atoms with Gasteiger partial charge in [-0.1, -0.05) is 12.1 Å². The minimum atomic E-state index is -0.0242. The van der Waals surface area contributed by atoms with Gasteiger partial charge in [0, 0.05) is 5.69 Å². The number of carbonyl (C=O) groups is 2. The molecule has 4 heteroatoms. The van der Waals surface area contributed by atoms with Gasteiger partial charge in [0.05, 0.1) is 18.4 Å². The van der Waals surface area contributed by atoms with Crippen LogP contribution >= 0.6 is 0 Å². The molecular weight excluding hydrogens is 216 g/mol. The van der Waals surface area contributed by atoms with Gasteiger partial charge in [0.1, 0.15) is 0 Å². The number of rotatable bonds is 2. The van der Waals surface area contributed by atoms with Crippen LogP contribution in [0, 0.1) is 18.8 Å². The maximum atomic E-state index is 11.8. The topological polar surface area (TPSA) is 63.4 Å². The highest BCUT2D eigenvalue weighted by atomic mass is 16.2. The second-order valence-corrected chi connectivity index (χ2v) is 4.84. The monoisotopic (exact) mass is 230 g/mol.